The Labute approximate surface area is 163 Å². The normalized spacial score (nSPS) is 17.1. The van der Waals surface area contributed by atoms with Crippen LogP contribution in [-0.4, -0.2) is 30.1 Å². The highest BCUT2D eigenvalue weighted by atomic mass is 35.5. The average molecular weight is 392 g/mol. The molecule has 6 heteroatoms. The number of hydrogen-bond acceptors (Lipinski definition) is 3. The molecule has 1 saturated heterocycles. The first-order chi connectivity index (χ1) is 12.8. The number of carbonyl (C=O) groups excluding carboxylic acids is 1. The van der Waals surface area contributed by atoms with Gasteiger partial charge in [-0.15, -0.1) is 0 Å². The second-order valence-corrected chi connectivity index (χ2v) is 7.56. The van der Waals surface area contributed by atoms with Gasteiger partial charge in [0.25, 0.3) is 5.91 Å². The maximum Gasteiger partial charge on any atom is 0.266 e. The predicted octanol–water partition coefficient (Wildman–Crippen LogP) is 5.01. The SMILES string of the molecule is COc1cccc(C2CCCN2C(=O)C(C)(C)Oc2ccc(Cl)cc2F)c1. The molecule has 1 amide bonds. The molecule has 144 valence electrons. The number of carbonyl (C=O) groups is 1. The highest BCUT2D eigenvalue weighted by Gasteiger charge is 2.40. The fraction of sp³-hybridized carbons (Fsp3) is 0.381. The number of ether oxygens (including phenoxy) is 2. The monoisotopic (exact) mass is 391 g/mol. The fourth-order valence-corrected chi connectivity index (χ4v) is 3.59. The molecule has 3 rings (SSSR count). The predicted molar refractivity (Wildman–Crippen MR) is 103 cm³/mol. The van der Waals surface area contributed by atoms with Crippen LogP contribution in [0.15, 0.2) is 42.5 Å². The van der Waals surface area contributed by atoms with Gasteiger partial charge in [-0.3, -0.25) is 4.79 Å². The number of amides is 1. The maximum absolute atomic E-state index is 14.1. The standard InChI is InChI=1S/C21H23ClFNO3/c1-21(2,27-19-10-9-15(22)13-17(19)23)20(25)24-11-5-8-18(24)14-6-4-7-16(12-14)26-3/h4,6-7,9-10,12-13,18H,5,8,11H2,1-3H3. The van der Waals surface area contributed by atoms with Gasteiger partial charge in [0.2, 0.25) is 0 Å². The summed E-state index contributed by atoms with van der Waals surface area (Å²) in [6.45, 7) is 3.95. The Morgan fingerprint density at radius 1 is 1.26 bits per heavy atom. The minimum atomic E-state index is -1.21. The lowest BCUT2D eigenvalue weighted by molar-refractivity contribution is -0.146. The number of rotatable bonds is 5. The molecule has 0 aromatic heterocycles. The van der Waals surface area contributed by atoms with E-state index < -0.39 is 11.4 Å². The van der Waals surface area contributed by atoms with Gasteiger partial charge >= 0.3 is 0 Å². The Balaban J connectivity index is 1.81. The minimum absolute atomic E-state index is 0.00915. The fourth-order valence-electron chi connectivity index (χ4n) is 3.43. The van der Waals surface area contributed by atoms with Crippen molar-refractivity contribution in [1.29, 1.82) is 0 Å². The van der Waals surface area contributed by atoms with Crippen molar-refractivity contribution in [3.8, 4) is 11.5 Å². The highest BCUT2D eigenvalue weighted by molar-refractivity contribution is 6.30. The summed E-state index contributed by atoms with van der Waals surface area (Å²) in [7, 11) is 1.62. The van der Waals surface area contributed by atoms with E-state index in [-0.39, 0.29) is 22.7 Å². The Kier molecular flexibility index (Phi) is 5.61. The summed E-state index contributed by atoms with van der Waals surface area (Å²) in [6, 6.07) is 11.8. The van der Waals surface area contributed by atoms with E-state index in [1.54, 1.807) is 21.0 Å². The van der Waals surface area contributed by atoms with Crippen molar-refractivity contribution in [2.24, 2.45) is 0 Å². The van der Waals surface area contributed by atoms with Crippen molar-refractivity contribution in [3.05, 3.63) is 58.9 Å². The first-order valence-electron chi connectivity index (χ1n) is 8.91. The van der Waals surface area contributed by atoms with Crippen molar-refractivity contribution in [2.75, 3.05) is 13.7 Å². The molecule has 0 bridgehead atoms. The van der Waals surface area contributed by atoms with Gasteiger partial charge in [-0.05, 0) is 62.6 Å². The van der Waals surface area contributed by atoms with Crippen LogP contribution in [0.2, 0.25) is 5.02 Å². The number of nitrogens with zero attached hydrogens (tertiary/aromatic N) is 1. The first kappa shape index (κ1) is 19.5. The number of benzene rings is 2. The van der Waals surface area contributed by atoms with E-state index in [4.69, 9.17) is 21.1 Å². The van der Waals surface area contributed by atoms with Crippen LogP contribution in [0.5, 0.6) is 11.5 Å². The third kappa shape index (κ3) is 4.19. The molecule has 1 unspecified atom stereocenters. The van der Waals surface area contributed by atoms with Gasteiger partial charge in [-0.1, -0.05) is 23.7 Å². The maximum atomic E-state index is 14.1. The summed E-state index contributed by atoms with van der Waals surface area (Å²) in [5.41, 5.74) is -0.190. The molecule has 27 heavy (non-hydrogen) atoms. The molecule has 1 heterocycles. The molecule has 1 fully saturated rings. The van der Waals surface area contributed by atoms with Crippen molar-refractivity contribution in [2.45, 2.75) is 38.3 Å². The van der Waals surface area contributed by atoms with Gasteiger partial charge in [0.05, 0.1) is 13.2 Å². The van der Waals surface area contributed by atoms with Crippen molar-refractivity contribution in [1.82, 2.24) is 4.90 Å². The largest absolute Gasteiger partial charge is 0.497 e. The molecule has 1 atom stereocenters. The van der Waals surface area contributed by atoms with Gasteiger partial charge < -0.3 is 14.4 Å². The lowest BCUT2D eigenvalue weighted by Gasteiger charge is -2.33. The molecule has 0 aliphatic carbocycles. The van der Waals surface area contributed by atoms with Crippen molar-refractivity contribution in [3.63, 3.8) is 0 Å². The van der Waals surface area contributed by atoms with Crippen LogP contribution >= 0.6 is 11.6 Å². The Bertz CT molecular complexity index is 840. The molecule has 1 aliphatic rings. The number of methoxy groups -OCH3 is 1. The molecule has 0 saturated carbocycles. The third-order valence-electron chi connectivity index (χ3n) is 4.77. The van der Waals surface area contributed by atoms with E-state index in [0.29, 0.717) is 6.54 Å². The smallest absolute Gasteiger partial charge is 0.266 e. The molecule has 2 aromatic rings. The van der Waals surface area contributed by atoms with Crippen LogP contribution in [0.4, 0.5) is 4.39 Å². The minimum Gasteiger partial charge on any atom is -0.497 e. The number of halogens is 2. The van der Waals surface area contributed by atoms with Gasteiger partial charge in [-0.25, -0.2) is 4.39 Å². The van der Waals surface area contributed by atoms with E-state index in [2.05, 4.69) is 0 Å². The van der Waals surface area contributed by atoms with Crippen LogP contribution < -0.4 is 9.47 Å². The average Bonchev–Trinajstić information content (AvgIpc) is 3.13. The van der Waals surface area contributed by atoms with Crippen LogP contribution in [0.3, 0.4) is 0 Å². The van der Waals surface area contributed by atoms with E-state index in [1.165, 1.54) is 18.2 Å². The third-order valence-corrected chi connectivity index (χ3v) is 5.00. The zero-order valence-electron chi connectivity index (χ0n) is 15.7. The van der Waals surface area contributed by atoms with Crippen molar-refractivity contribution < 1.29 is 18.7 Å². The van der Waals surface area contributed by atoms with E-state index in [0.717, 1.165) is 24.2 Å². The molecular formula is C21H23ClFNO3. The van der Waals surface area contributed by atoms with E-state index >= 15 is 0 Å². The Hall–Kier alpha value is -2.27. The van der Waals surface area contributed by atoms with Crippen LogP contribution in [0.25, 0.3) is 0 Å². The summed E-state index contributed by atoms with van der Waals surface area (Å²) in [6.07, 6.45) is 1.77. The summed E-state index contributed by atoms with van der Waals surface area (Å²) < 4.78 is 25.1. The summed E-state index contributed by atoms with van der Waals surface area (Å²) >= 11 is 5.79. The lowest BCUT2D eigenvalue weighted by atomic mass is 10.0. The van der Waals surface area contributed by atoms with Crippen LogP contribution in [0, 0.1) is 5.82 Å². The zero-order chi connectivity index (χ0) is 19.6. The van der Waals surface area contributed by atoms with E-state index in [1.807, 2.05) is 29.2 Å². The van der Waals surface area contributed by atoms with Gasteiger partial charge in [0.15, 0.2) is 17.2 Å². The number of likely N-dealkylation sites (tertiary alicyclic amines) is 1. The second kappa shape index (κ2) is 7.77. The molecule has 0 radical (unpaired) electrons. The molecule has 4 nitrogen and oxygen atoms in total. The van der Waals surface area contributed by atoms with Crippen LogP contribution in [0.1, 0.15) is 38.3 Å². The number of hydrogen-bond donors (Lipinski definition) is 0. The first-order valence-corrected chi connectivity index (χ1v) is 9.29. The van der Waals surface area contributed by atoms with Crippen LogP contribution in [-0.2, 0) is 4.79 Å². The molecule has 0 spiro atoms. The van der Waals surface area contributed by atoms with Gasteiger partial charge in [0.1, 0.15) is 5.75 Å². The summed E-state index contributed by atoms with van der Waals surface area (Å²) in [5.74, 6) is -0.00302. The zero-order valence-corrected chi connectivity index (χ0v) is 16.4. The Morgan fingerprint density at radius 2 is 2.04 bits per heavy atom. The lowest BCUT2D eigenvalue weighted by Crippen LogP contribution is -2.48. The quantitative estimate of drug-likeness (QED) is 0.719. The topological polar surface area (TPSA) is 38.8 Å². The Morgan fingerprint density at radius 3 is 2.74 bits per heavy atom. The van der Waals surface area contributed by atoms with E-state index in [9.17, 15) is 9.18 Å². The summed E-state index contributed by atoms with van der Waals surface area (Å²) in [5, 5.41) is 0.279. The molecule has 0 N–H and O–H groups in total. The van der Waals surface area contributed by atoms with Gasteiger partial charge in [-0.2, -0.15) is 0 Å². The highest BCUT2D eigenvalue weighted by Crippen LogP contribution is 2.36. The second-order valence-electron chi connectivity index (χ2n) is 7.12. The summed E-state index contributed by atoms with van der Waals surface area (Å²) in [4.78, 5) is 15.0. The van der Waals surface area contributed by atoms with Gasteiger partial charge in [0, 0.05) is 11.6 Å². The van der Waals surface area contributed by atoms with Crippen molar-refractivity contribution >= 4 is 17.5 Å². The molecule has 1 aliphatic heterocycles. The molecule has 2 aromatic carbocycles. The molecular weight excluding hydrogens is 369 g/mol.